The van der Waals surface area contributed by atoms with Crippen molar-refractivity contribution in [2.45, 2.75) is 113 Å². The lowest BCUT2D eigenvalue weighted by Gasteiger charge is -2.38. The topological polar surface area (TPSA) is 300 Å². The normalized spacial score (nSPS) is 14.9. The number of primary amides is 2. The standard InChI is InChI=1S/C59H69N9O11/c1-3-4-5-16-41(69)23-24-47(53(72)63-49(33-51(60)70)54(73)64-50(32-38-13-12-27-62-34-38)56(75)68(2)35-52(61)71)65-57(76)59(25-28-78-29-26-59)67-55(74)48(31-37-21-22-39-14-6-7-15-40(39)30-37)66-58(77)79-36-46-44-19-10-8-17-42(44)43-18-9-11-20-45(43)46/h6-15,17-22,27,30,34,46-50H,3-5,16,23-26,28-29,31-33,35-36H2,1-2H3,(H2,60,70)(H2,61,71)(H,63,72)(H,64,73)(H,65,76)(H,66,77)(H,67,74)/t47-,48-,49-,50-/m0/s1. The van der Waals surface area contributed by atoms with Crippen molar-refractivity contribution in [2.75, 3.05) is 33.4 Å². The molecule has 4 aromatic carbocycles. The number of ether oxygens (including phenoxy) is 2. The largest absolute Gasteiger partial charge is 0.449 e. The summed E-state index contributed by atoms with van der Waals surface area (Å²) in [5, 5.41) is 15.4. The minimum Gasteiger partial charge on any atom is -0.449 e. The van der Waals surface area contributed by atoms with Crippen molar-refractivity contribution in [3.63, 3.8) is 0 Å². The molecule has 8 amide bonds. The molecular formula is C59H69N9O11. The maximum absolute atomic E-state index is 15.0. The van der Waals surface area contributed by atoms with Gasteiger partial charge in [0.05, 0.1) is 13.0 Å². The van der Waals surface area contributed by atoms with E-state index in [2.05, 4.69) is 31.6 Å². The van der Waals surface area contributed by atoms with Gasteiger partial charge in [0, 0.05) is 77.1 Å². The number of benzene rings is 4. The number of carbonyl (C=O) groups excluding carboxylic acids is 9. The van der Waals surface area contributed by atoms with Gasteiger partial charge in [-0.25, -0.2) is 4.79 Å². The zero-order chi connectivity index (χ0) is 56.5. The Labute approximate surface area is 458 Å². The molecule has 1 aliphatic heterocycles. The molecule has 1 saturated heterocycles. The highest BCUT2D eigenvalue weighted by atomic mass is 16.5. The molecule has 20 nitrogen and oxygen atoms in total. The van der Waals surface area contributed by atoms with Crippen LogP contribution in [0.2, 0.25) is 0 Å². The van der Waals surface area contributed by atoms with Crippen molar-refractivity contribution in [3.8, 4) is 11.1 Å². The van der Waals surface area contributed by atoms with Gasteiger partial charge < -0.3 is 52.4 Å². The molecule has 0 bridgehead atoms. The number of Topliss-reactive ketones (excluding diaryl/α,β-unsaturated/α-hetero) is 1. The molecule has 4 atom stereocenters. The molecule has 0 radical (unpaired) electrons. The van der Waals surface area contributed by atoms with Gasteiger partial charge in [-0.3, -0.25) is 43.3 Å². The fraction of sp³-hybridized carbons (Fsp3) is 0.390. The average molecular weight is 1080 g/mol. The minimum atomic E-state index is -1.73. The molecule has 416 valence electrons. The van der Waals surface area contributed by atoms with E-state index in [1.165, 1.54) is 19.4 Å². The first-order valence-corrected chi connectivity index (χ1v) is 26.7. The molecule has 0 unspecified atom stereocenters. The van der Waals surface area contributed by atoms with Crippen LogP contribution in [0.3, 0.4) is 0 Å². The molecule has 0 spiro atoms. The molecule has 2 heterocycles. The third-order valence-electron chi connectivity index (χ3n) is 14.3. The van der Waals surface area contributed by atoms with Gasteiger partial charge >= 0.3 is 6.09 Å². The lowest BCUT2D eigenvalue weighted by atomic mass is 9.87. The summed E-state index contributed by atoms with van der Waals surface area (Å²) in [7, 11) is 1.31. The number of rotatable bonds is 27. The third kappa shape index (κ3) is 15.8. The molecular weight excluding hydrogens is 1010 g/mol. The van der Waals surface area contributed by atoms with Crippen LogP contribution < -0.4 is 38.1 Å². The van der Waals surface area contributed by atoms with E-state index in [1.54, 1.807) is 12.1 Å². The zero-order valence-corrected chi connectivity index (χ0v) is 44.5. The Hall–Kier alpha value is -8.52. The Balaban J connectivity index is 1.13. The van der Waals surface area contributed by atoms with E-state index in [9.17, 15) is 43.2 Å². The van der Waals surface area contributed by atoms with Crippen molar-refractivity contribution in [1.29, 1.82) is 0 Å². The molecule has 79 heavy (non-hydrogen) atoms. The molecule has 1 aromatic heterocycles. The molecule has 2 aliphatic rings. The number of pyridine rings is 1. The summed E-state index contributed by atoms with van der Waals surface area (Å²) >= 11 is 0. The van der Waals surface area contributed by atoms with Crippen LogP contribution in [0.25, 0.3) is 21.9 Å². The average Bonchev–Trinajstić information content (AvgIpc) is 3.93. The van der Waals surface area contributed by atoms with Crippen LogP contribution >= 0.6 is 0 Å². The Morgan fingerprint density at radius 3 is 1.99 bits per heavy atom. The second kappa shape index (κ2) is 27.7. The van der Waals surface area contributed by atoms with Gasteiger partial charge in [0.2, 0.25) is 41.4 Å². The first kappa shape index (κ1) is 58.2. The van der Waals surface area contributed by atoms with Gasteiger partial charge in [-0.15, -0.1) is 0 Å². The van der Waals surface area contributed by atoms with Crippen molar-refractivity contribution in [2.24, 2.45) is 11.5 Å². The van der Waals surface area contributed by atoms with Gasteiger partial charge in [0.1, 0.15) is 42.1 Å². The zero-order valence-electron chi connectivity index (χ0n) is 44.5. The maximum Gasteiger partial charge on any atom is 0.407 e. The van der Waals surface area contributed by atoms with Crippen molar-refractivity contribution < 1.29 is 52.6 Å². The predicted octanol–water partition coefficient (Wildman–Crippen LogP) is 3.80. The summed E-state index contributed by atoms with van der Waals surface area (Å²) < 4.78 is 11.6. The smallest absolute Gasteiger partial charge is 0.407 e. The van der Waals surface area contributed by atoms with Crippen molar-refractivity contribution in [3.05, 3.63) is 138 Å². The number of nitrogens with two attached hydrogens (primary N) is 2. The quantitative estimate of drug-likeness (QED) is 0.0370. The first-order valence-electron chi connectivity index (χ1n) is 26.7. The highest BCUT2D eigenvalue weighted by Crippen LogP contribution is 2.44. The van der Waals surface area contributed by atoms with Gasteiger partial charge in [-0.05, 0) is 63.1 Å². The second-order valence-electron chi connectivity index (χ2n) is 20.2. The molecule has 1 fully saturated rings. The maximum atomic E-state index is 15.0. The Kier molecular flexibility index (Phi) is 20.4. The number of unbranched alkanes of at least 4 members (excludes halogenated alkanes) is 2. The fourth-order valence-electron chi connectivity index (χ4n) is 10.1. The summed E-state index contributed by atoms with van der Waals surface area (Å²) in [6.07, 6.45) is 3.18. The van der Waals surface area contributed by atoms with E-state index in [0.717, 1.165) is 50.8 Å². The van der Waals surface area contributed by atoms with Crippen molar-refractivity contribution in [1.82, 2.24) is 36.5 Å². The number of nitrogens with zero attached hydrogens (tertiary/aromatic N) is 2. The Morgan fingerprint density at radius 2 is 1.33 bits per heavy atom. The minimum absolute atomic E-state index is 0.0142. The monoisotopic (exact) mass is 1080 g/mol. The molecule has 0 saturated carbocycles. The molecule has 9 N–H and O–H groups in total. The van der Waals surface area contributed by atoms with E-state index in [0.29, 0.717) is 17.5 Å². The molecule has 20 heteroatoms. The van der Waals surface area contributed by atoms with Crippen LogP contribution in [-0.4, -0.2) is 126 Å². The first-order chi connectivity index (χ1) is 38.0. The van der Waals surface area contributed by atoms with E-state index < -0.39 is 90.1 Å². The number of amides is 8. The number of hydrogen-bond donors (Lipinski definition) is 7. The Bertz CT molecular complexity index is 2970. The lowest BCUT2D eigenvalue weighted by molar-refractivity contribution is -0.141. The van der Waals surface area contributed by atoms with E-state index in [4.69, 9.17) is 20.9 Å². The number of alkyl carbamates (subject to hydrolysis) is 1. The number of fused-ring (bicyclic) bond motifs is 4. The van der Waals surface area contributed by atoms with E-state index >= 15 is 0 Å². The Morgan fingerprint density at radius 1 is 0.684 bits per heavy atom. The van der Waals surface area contributed by atoms with Crippen molar-refractivity contribution >= 4 is 64.0 Å². The SMILES string of the molecule is CCCCCC(=O)CC[C@H](NC(=O)C1(NC(=O)[C@H](Cc2ccc3ccccc3c2)NC(=O)OCC2c3ccccc3-c3ccccc32)CCOCC1)C(=O)N[C@@H](CC(N)=O)C(=O)N[C@@H](Cc1cccnc1)C(=O)N(C)CC(N)=O. The summed E-state index contributed by atoms with van der Waals surface area (Å²) in [6, 6.07) is 26.5. The van der Waals surface area contributed by atoms with Crippen LogP contribution in [0.4, 0.5) is 4.79 Å². The van der Waals surface area contributed by atoms with Crippen LogP contribution in [0.5, 0.6) is 0 Å². The van der Waals surface area contributed by atoms with E-state index in [1.807, 2.05) is 97.9 Å². The number of ketones is 1. The third-order valence-corrected chi connectivity index (χ3v) is 14.3. The van der Waals surface area contributed by atoms with Gasteiger partial charge in [-0.2, -0.15) is 0 Å². The summed E-state index contributed by atoms with van der Waals surface area (Å²) in [5.41, 5.74) is 14.5. The predicted molar refractivity (Wildman–Crippen MR) is 293 cm³/mol. The molecule has 5 aromatic rings. The highest BCUT2D eigenvalue weighted by molar-refractivity contribution is 5.99. The van der Waals surface area contributed by atoms with Gasteiger partial charge in [0.25, 0.3) is 0 Å². The second-order valence-corrected chi connectivity index (χ2v) is 20.2. The number of hydrogen-bond acceptors (Lipinski definition) is 12. The highest BCUT2D eigenvalue weighted by Gasteiger charge is 2.45. The summed E-state index contributed by atoms with van der Waals surface area (Å²) in [5.74, 6) is -6.51. The van der Waals surface area contributed by atoms with Crippen LogP contribution in [0, 0.1) is 0 Å². The summed E-state index contributed by atoms with van der Waals surface area (Å²) in [4.78, 5) is 129. The number of aromatic nitrogens is 1. The van der Waals surface area contributed by atoms with Crippen LogP contribution in [-0.2, 0) is 60.7 Å². The van der Waals surface area contributed by atoms with E-state index in [-0.39, 0.29) is 76.5 Å². The number of nitrogens with one attached hydrogen (secondary N) is 5. The number of likely N-dealkylation sites (N-methyl/N-ethyl adjacent to an activating group) is 1. The fourth-order valence-corrected chi connectivity index (χ4v) is 10.1. The molecule has 7 rings (SSSR count). The summed E-state index contributed by atoms with van der Waals surface area (Å²) in [6.45, 7) is 1.52. The molecule has 1 aliphatic carbocycles. The number of carbonyl (C=O) groups is 9. The van der Waals surface area contributed by atoms with Gasteiger partial charge in [0.15, 0.2) is 0 Å². The lowest BCUT2D eigenvalue weighted by Crippen LogP contribution is -2.66. The van der Waals surface area contributed by atoms with Gasteiger partial charge in [-0.1, -0.05) is 117 Å². The van der Waals surface area contributed by atoms with Crippen LogP contribution in [0.15, 0.2) is 116 Å². The van der Waals surface area contributed by atoms with Crippen LogP contribution in [0.1, 0.15) is 92.9 Å².